The average molecular weight is 221 g/mol. The highest BCUT2D eigenvalue weighted by atomic mass is 16.2. The molecule has 1 heterocycles. The molecule has 88 valence electrons. The first-order valence-electron chi connectivity index (χ1n) is 5.48. The highest BCUT2D eigenvalue weighted by Crippen LogP contribution is 2.03. The van der Waals surface area contributed by atoms with Gasteiger partial charge in [-0.15, -0.1) is 0 Å². The Labute approximate surface area is 96.5 Å². The van der Waals surface area contributed by atoms with E-state index < -0.39 is 5.54 Å². The molecule has 0 saturated carbocycles. The van der Waals surface area contributed by atoms with E-state index in [2.05, 4.69) is 15.6 Å². The fraction of sp³-hybridized carbons (Fsp3) is 0.500. The second-order valence-electron chi connectivity index (χ2n) is 4.19. The van der Waals surface area contributed by atoms with Gasteiger partial charge in [0, 0.05) is 18.9 Å². The van der Waals surface area contributed by atoms with Crippen molar-refractivity contribution in [2.24, 2.45) is 0 Å². The topological polar surface area (TPSA) is 54.0 Å². The van der Waals surface area contributed by atoms with Gasteiger partial charge in [-0.05, 0) is 38.1 Å². The molecule has 4 heteroatoms. The molecule has 0 unspecified atom stereocenters. The molecule has 0 fully saturated rings. The number of aromatic nitrogens is 1. The summed E-state index contributed by atoms with van der Waals surface area (Å²) in [5, 5.41) is 6.03. The van der Waals surface area contributed by atoms with Gasteiger partial charge in [-0.1, -0.05) is 6.92 Å². The van der Waals surface area contributed by atoms with E-state index in [0.29, 0.717) is 6.54 Å². The van der Waals surface area contributed by atoms with Crippen molar-refractivity contribution in [1.82, 2.24) is 15.6 Å². The largest absolute Gasteiger partial charge is 0.350 e. The minimum atomic E-state index is -0.526. The lowest BCUT2D eigenvalue weighted by molar-refractivity contribution is -0.126. The molecular formula is C12H19N3O. The zero-order valence-corrected chi connectivity index (χ0v) is 10.1. The molecular weight excluding hydrogens is 202 g/mol. The lowest BCUT2D eigenvalue weighted by Gasteiger charge is -2.24. The van der Waals surface area contributed by atoms with Gasteiger partial charge in [0.1, 0.15) is 0 Å². The van der Waals surface area contributed by atoms with Gasteiger partial charge in [0.25, 0.3) is 0 Å². The van der Waals surface area contributed by atoms with Gasteiger partial charge in [-0.25, -0.2) is 0 Å². The fourth-order valence-corrected chi connectivity index (χ4v) is 1.43. The molecule has 0 atom stereocenters. The van der Waals surface area contributed by atoms with Gasteiger partial charge in [0.05, 0.1) is 5.54 Å². The third-order valence-electron chi connectivity index (χ3n) is 2.39. The summed E-state index contributed by atoms with van der Waals surface area (Å²) >= 11 is 0. The van der Waals surface area contributed by atoms with Crippen LogP contribution in [0.4, 0.5) is 0 Å². The maximum Gasteiger partial charge on any atom is 0.239 e. The van der Waals surface area contributed by atoms with E-state index in [1.807, 2.05) is 32.9 Å². The van der Waals surface area contributed by atoms with Crippen molar-refractivity contribution in [3.05, 3.63) is 30.1 Å². The Kier molecular flexibility index (Phi) is 4.43. The zero-order chi connectivity index (χ0) is 12.0. The van der Waals surface area contributed by atoms with Gasteiger partial charge >= 0.3 is 0 Å². The van der Waals surface area contributed by atoms with Crippen LogP contribution in [0.1, 0.15) is 26.3 Å². The smallest absolute Gasteiger partial charge is 0.239 e. The zero-order valence-electron chi connectivity index (χ0n) is 10.1. The van der Waals surface area contributed by atoms with Crippen LogP contribution in [0, 0.1) is 0 Å². The van der Waals surface area contributed by atoms with Gasteiger partial charge in [0.15, 0.2) is 0 Å². The molecule has 16 heavy (non-hydrogen) atoms. The minimum absolute atomic E-state index is 0.00571. The number of hydrogen-bond acceptors (Lipinski definition) is 3. The van der Waals surface area contributed by atoms with Crippen LogP contribution in [0.25, 0.3) is 0 Å². The van der Waals surface area contributed by atoms with Crippen LogP contribution in [0.2, 0.25) is 0 Å². The number of amides is 1. The van der Waals surface area contributed by atoms with E-state index in [0.717, 1.165) is 12.1 Å². The monoisotopic (exact) mass is 221 g/mol. The predicted molar refractivity (Wildman–Crippen MR) is 63.8 cm³/mol. The van der Waals surface area contributed by atoms with E-state index in [1.165, 1.54) is 0 Å². The Morgan fingerprint density at radius 1 is 1.38 bits per heavy atom. The molecule has 1 amide bonds. The van der Waals surface area contributed by atoms with Gasteiger partial charge in [0.2, 0.25) is 5.91 Å². The summed E-state index contributed by atoms with van der Waals surface area (Å²) < 4.78 is 0. The Morgan fingerprint density at radius 2 is 2.00 bits per heavy atom. The summed E-state index contributed by atoms with van der Waals surface area (Å²) in [6.45, 7) is 7.04. The van der Waals surface area contributed by atoms with Gasteiger partial charge < -0.3 is 10.6 Å². The molecule has 0 aliphatic heterocycles. The molecule has 2 N–H and O–H groups in total. The number of likely N-dealkylation sites (N-methyl/N-ethyl adjacent to an activating group) is 1. The fourth-order valence-electron chi connectivity index (χ4n) is 1.43. The van der Waals surface area contributed by atoms with Crippen LogP contribution >= 0.6 is 0 Å². The van der Waals surface area contributed by atoms with Crippen LogP contribution in [-0.2, 0) is 11.3 Å². The number of nitrogens with zero attached hydrogens (tertiary/aromatic N) is 1. The van der Waals surface area contributed by atoms with Crippen molar-refractivity contribution < 1.29 is 4.79 Å². The first-order valence-corrected chi connectivity index (χ1v) is 5.48. The number of nitrogens with one attached hydrogen (secondary N) is 2. The lowest BCUT2D eigenvalue weighted by atomic mass is 10.0. The Balaban J connectivity index is 2.47. The number of carbonyl (C=O) groups excluding carboxylic acids is 1. The third-order valence-corrected chi connectivity index (χ3v) is 2.39. The maximum atomic E-state index is 11.8. The quantitative estimate of drug-likeness (QED) is 0.782. The number of carbonyl (C=O) groups is 1. The van der Waals surface area contributed by atoms with Gasteiger partial charge in [-0.3, -0.25) is 9.78 Å². The van der Waals surface area contributed by atoms with E-state index in [4.69, 9.17) is 0 Å². The first-order chi connectivity index (χ1) is 7.56. The molecule has 0 aliphatic rings. The van der Waals surface area contributed by atoms with E-state index in [9.17, 15) is 4.79 Å². The summed E-state index contributed by atoms with van der Waals surface area (Å²) in [6.07, 6.45) is 3.44. The normalized spacial score (nSPS) is 11.2. The average Bonchev–Trinajstić information content (AvgIpc) is 2.27. The van der Waals surface area contributed by atoms with Crippen molar-refractivity contribution in [3.63, 3.8) is 0 Å². The minimum Gasteiger partial charge on any atom is -0.350 e. The second kappa shape index (κ2) is 5.61. The van der Waals surface area contributed by atoms with Crippen LogP contribution in [0.5, 0.6) is 0 Å². The molecule has 1 aromatic heterocycles. The molecule has 0 aromatic carbocycles. The van der Waals surface area contributed by atoms with E-state index >= 15 is 0 Å². The lowest BCUT2D eigenvalue weighted by Crippen LogP contribution is -2.52. The second-order valence-corrected chi connectivity index (χ2v) is 4.19. The van der Waals surface area contributed by atoms with Crippen LogP contribution in [-0.4, -0.2) is 23.0 Å². The molecule has 0 radical (unpaired) electrons. The van der Waals surface area contributed by atoms with Crippen molar-refractivity contribution in [2.75, 3.05) is 6.54 Å². The van der Waals surface area contributed by atoms with Gasteiger partial charge in [-0.2, -0.15) is 0 Å². The van der Waals surface area contributed by atoms with Crippen LogP contribution in [0.15, 0.2) is 24.5 Å². The van der Waals surface area contributed by atoms with Crippen molar-refractivity contribution >= 4 is 5.91 Å². The highest BCUT2D eigenvalue weighted by Gasteiger charge is 2.25. The highest BCUT2D eigenvalue weighted by molar-refractivity contribution is 5.85. The Bertz CT molecular complexity index is 335. The standard InChI is InChI=1S/C12H19N3O/c1-4-15-12(2,3)11(16)14-9-10-5-7-13-8-6-10/h5-8,15H,4,9H2,1-3H3,(H,14,16). The van der Waals surface area contributed by atoms with E-state index in [-0.39, 0.29) is 5.91 Å². The summed E-state index contributed by atoms with van der Waals surface area (Å²) in [5.74, 6) is 0.00571. The van der Waals surface area contributed by atoms with Crippen molar-refractivity contribution in [2.45, 2.75) is 32.9 Å². The molecule has 0 bridgehead atoms. The first kappa shape index (κ1) is 12.6. The maximum absolute atomic E-state index is 11.8. The molecule has 0 spiro atoms. The summed E-state index contributed by atoms with van der Waals surface area (Å²) in [7, 11) is 0. The molecule has 1 rings (SSSR count). The number of hydrogen-bond donors (Lipinski definition) is 2. The predicted octanol–water partition coefficient (Wildman–Crippen LogP) is 1.09. The van der Waals surface area contributed by atoms with E-state index in [1.54, 1.807) is 12.4 Å². The summed E-state index contributed by atoms with van der Waals surface area (Å²) in [5.41, 5.74) is 0.526. The third kappa shape index (κ3) is 3.62. The molecule has 0 aliphatic carbocycles. The Hall–Kier alpha value is -1.42. The summed E-state index contributed by atoms with van der Waals surface area (Å²) in [6, 6.07) is 3.78. The van der Waals surface area contributed by atoms with Crippen molar-refractivity contribution in [3.8, 4) is 0 Å². The molecule has 0 saturated heterocycles. The molecule has 1 aromatic rings. The Morgan fingerprint density at radius 3 is 2.56 bits per heavy atom. The number of rotatable bonds is 5. The molecule has 4 nitrogen and oxygen atoms in total. The van der Waals surface area contributed by atoms with Crippen molar-refractivity contribution in [1.29, 1.82) is 0 Å². The number of pyridine rings is 1. The summed E-state index contributed by atoms with van der Waals surface area (Å²) in [4.78, 5) is 15.8. The van der Waals surface area contributed by atoms with Crippen LogP contribution < -0.4 is 10.6 Å². The van der Waals surface area contributed by atoms with Crippen LogP contribution in [0.3, 0.4) is 0 Å². The SMILES string of the molecule is CCNC(C)(C)C(=O)NCc1ccncc1.